The van der Waals surface area contributed by atoms with Crippen molar-refractivity contribution in [3.63, 3.8) is 0 Å². The van der Waals surface area contributed by atoms with E-state index in [1.165, 1.54) is 18.2 Å². The van der Waals surface area contributed by atoms with Gasteiger partial charge in [0, 0.05) is 49.0 Å². The van der Waals surface area contributed by atoms with Crippen molar-refractivity contribution in [3.8, 4) is 5.75 Å². The lowest BCUT2D eigenvalue weighted by Crippen LogP contribution is -2.54. The summed E-state index contributed by atoms with van der Waals surface area (Å²) in [7, 11) is 0. The summed E-state index contributed by atoms with van der Waals surface area (Å²) in [6, 6.07) is 11.2. The van der Waals surface area contributed by atoms with Gasteiger partial charge in [-0.15, -0.1) is 0 Å². The Hall–Kier alpha value is -2.62. The summed E-state index contributed by atoms with van der Waals surface area (Å²) in [5.41, 5.74) is 0.963. The van der Waals surface area contributed by atoms with E-state index in [0.29, 0.717) is 47.1 Å². The summed E-state index contributed by atoms with van der Waals surface area (Å²) < 4.78 is 5.61. The fourth-order valence-corrected chi connectivity index (χ4v) is 3.79. The highest BCUT2D eigenvalue weighted by Crippen LogP contribution is 2.28. The summed E-state index contributed by atoms with van der Waals surface area (Å²) in [6.07, 6.45) is -0.807. The number of nitrogens with one attached hydrogen (secondary N) is 1. The number of halogens is 2. The Balaban J connectivity index is 1.49. The third-order valence-electron chi connectivity index (χ3n) is 4.79. The van der Waals surface area contributed by atoms with E-state index in [0.717, 1.165) is 5.69 Å². The summed E-state index contributed by atoms with van der Waals surface area (Å²) >= 11 is 17.3. The molecule has 0 bridgehead atoms. The number of thiocarbonyl (C=S) groups is 1. The minimum atomic E-state index is -0.807. The van der Waals surface area contributed by atoms with Crippen molar-refractivity contribution in [2.75, 3.05) is 31.1 Å². The van der Waals surface area contributed by atoms with Gasteiger partial charge in [-0.05, 0) is 49.5 Å². The molecule has 3 rings (SSSR count). The molecule has 1 N–H and O–H groups in total. The van der Waals surface area contributed by atoms with Crippen LogP contribution in [0.2, 0.25) is 10.0 Å². The second-order valence-corrected chi connectivity index (χ2v) is 8.11. The minimum Gasteiger partial charge on any atom is -0.479 e. The van der Waals surface area contributed by atoms with Gasteiger partial charge in [-0.25, -0.2) is 0 Å². The highest BCUT2D eigenvalue weighted by Gasteiger charge is 2.23. The molecule has 1 amide bonds. The number of nitrogens with zero attached hydrogens (tertiary/aromatic N) is 3. The van der Waals surface area contributed by atoms with Gasteiger partial charge in [-0.2, -0.15) is 0 Å². The van der Waals surface area contributed by atoms with Crippen LogP contribution in [0.5, 0.6) is 5.75 Å². The predicted octanol–water partition coefficient (Wildman–Crippen LogP) is 3.89. The number of rotatable bonds is 5. The summed E-state index contributed by atoms with van der Waals surface area (Å²) in [6.45, 7) is 4.15. The minimum absolute atomic E-state index is 0.0579. The van der Waals surface area contributed by atoms with Gasteiger partial charge in [0.1, 0.15) is 5.75 Å². The first-order valence-corrected chi connectivity index (χ1v) is 10.6. The van der Waals surface area contributed by atoms with Crippen molar-refractivity contribution in [3.05, 3.63) is 62.6 Å². The van der Waals surface area contributed by atoms with Crippen LogP contribution in [0.4, 0.5) is 11.4 Å². The molecule has 0 spiro atoms. The lowest BCUT2D eigenvalue weighted by Gasteiger charge is -2.37. The lowest BCUT2D eigenvalue weighted by molar-refractivity contribution is -0.384. The monoisotopic (exact) mass is 482 g/mol. The fourth-order valence-electron chi connectivity index (χ4n) is 3.05. The first-order chi connectivity index (χ1) is 14.7. The second-order valence-electron chi connectivity index (χ2n) is 6.88. The molecule has 0 saturated carbocycles. The number of carbonyl (C=O) groups excluding carboxylic acids is 1. The van der Waals surface area contributed by atoms with Gasteiger partial charge in [-0.3, -0.25) is 20.2 Å². The average Bonchev–Trinajstić information content (AvgIpc) is 2.75. The summed E-state index contributed by atoms with van der Waals surface area (Å²) in [4.78, 5) is 26.8. The number of carbonyl (C=O) groups is 1. The molecule has 0 radical (unpaired) electrons. The van der Waals surface area contributed by atoms with Crippen molar-refractivity contribution in [2.24, 2.45) is 0 Å². The van der Waals surface area contributed by atoms with Crippen LogP contribution in [0, 0.1) is 10.1 Å². The zero-order valence-electron chi connectivity index (χ0n) is 16.6. The van der Waals surface area contributed by atoms with Crippen LogP contribution in [0.25, 0.3) is 0 Å². The van der Waals surface area contributed by atoms with E-state index in [9.17, 15) is 14.9 Å². The fraction of sp³-hybridized carbons (Fsp3) is 0.300. The number of nitro benzene ring substituents is 1. The molecule has 11 heteroatoms. The Morgan fingerprint density at radius 3 is 2.39 bits per heavy atom. The van der Waals surface area contributed by atoms with Gasteiger partial charge in [0.25, 0.3) is 11.6 Å². The molecule has 8 nitrogen and oxygen atoms in total. The molecule has 1 atom stereocenters. The molecule has 1 fully saturated rings. The van der Waals surface area contributed by atoms with Crippen LogP contribution < -0.4 is 15.0 Å². The SMILES string of the molecule is CC(Oc1ccc(Cl)cc1Cl)C(=O)NC(=S)N1CCN(c2ccc([N+](=O)[O-])cc2)CC1. The van der Waals surface area contributed by atoms with Crippen molar-refractivity contribution < 1.29 is 14.5 Å². The maximum atomic E-state index is 12.5. The Kier molecular flexibility index (Phi) is 7.53. The smallest absolute Gasteiger partial charge is 0.269 e. The van der Waals surface area contributed by atoms with E-state index in [1.807, 2.05) is 4.90 Å². The van der Waals surface area contributed by atoms with E-state index < -0.39 is 11.0 Å². The Labute approximate surface area is 194 Å². The Morgan fingerprint density at radius 1 is 1.16 bits per heavy atom. The third-order valence-corrected chi connectivity index (χ3v) is 5.68. The van der Waals surface area contributed by atoms with Crippen LogP contribution in [0.3, 0.4) is 0 Å². The van der Waals surface area contributed by atoms with Gasteiger partial charge in [0.15, 0.2) is 11.2 Å². The van der Waals surface area contributed by atoms with Crippen molar-refractivity contribution in [2.45, 2.75) is 13.0 Å². The van der Waals surface area contributed by atoms with Gasteiger partial charge >= 0.3 is 0 Å². The van der Waals surface area contributed by atoms with Gasteiger partial charge in [-0.1, -0.05) is 23.2 Å². The van der Waals surface area contributed by atoms with E-state index >= 15 is 0 Å². The number of piperazine rings is 1. The van der Waals surface area contributed by atoms with E-state index in [1.54, 1.807) is 31.2 Å². The van der Waals surface area contributed by atoms with Crippen molar-refractivity contribution in [1.82, 2.24) is 10.2 Å². The first kappa shape index (κ1) is 23.1. The molecule has 0 aromatic heterocycles. The molecule has 1 aliphatic heterocycles. The average molecular weight is 483 g/mol. The van der Waals surface area contributed by atoms with Crippen LogP contribution in [-0.4, -0.2) is 53.1 Å². The van der Waals surface area contributed by atoms with Crippen LogP contribution in [-0.2, 0) is 4.79 Å². The Morgan fingerprint density at radius 2 is 1.81 bits per heavy atom. The molecule has 2 aromatic rings. The highest BCUT2D eigenvalue weighted by molar-refractivity contribution is 7.80. The van der Waals surface area contributed by atoms with E-state index in [-0.39, 0.29) is 11.6 Å². The first-order valence-electron chi connectivity index (χ1n) is 9.45. The number of benzene rings is 2. The van der Waals surface area contributed by atoms with E-state index in [4.69, 9.17) is 40.2 Å². The molecule has 164 valence electrons. The summed E-state index contributed by atoms with van der Waals surface area (Å²) in [5.74, 6) is -0.0230. The number of anilines is 1. The number of hydrogen-bond acceptors (Lipinski definition) is 6. The van der Waals surface area contributed by atoms with Crippen LogP contribution in [0.15, 0.2) is 42.5 Å². The Bertz CT molecular complexity index is 982. The second kappa shape index (κ2) is 10.1. The maximum Gasteiger partial charge on any atom is 0.269 e. The number of amides is 1. The predicted molar refractivity (Wildman–Crippen MR) is 124 cm³/mol. The third kappa shape index (κ3) is 5.96. The topological polar surface area (TPSA) is 88.0 Å². The quantitative estimate of drug-likeness (QED) is 0.392. The van der Waals surface area contributed by atoms with E-state index in [2.05, 4.69) is 10.2 Å². The molecule has 1 aliphatic rings. The van der Waals surface area contributed by atoms with Gasteiger partial charge in [0.2, 0.25) is 0 Å². The van der Waals surface area contributed by atoms with Crippen molar-refractivity contribution >= 4 is 57.8 Å². The highest BCUT2D eigenvalue weighted by atomic mass is 35.5. The zero-order valence-corrected chi connectivity index (χ0v) is 18.9. The molecule has 2 aromatic carbocycles. The molecule has 1 saturated heterocycles. The standard InChI is InChI=1S/C20H20Cl2N4O4S/c1-13(30-18-7-2-14(21)12-17(18)22)19(27)23-20(31)25-10-8-24(9-11-25)15-3-5-16(6-4-15)26(28)29/h2-7,12-13H,8-11H2,1H3,(H,23,27,31). The maximum absolute atomic E-state index is 12.5. The lowest BCUT2D eigenvalue weighted by atomic mass is 10.2. The molecule has 31 heavy (non-hydrogen) atoms. The molecule has 1 unspecified atom stereocenters. The number of hydrogen-bond donors (Lipinski definition) is 1. The van der Waals surface area contributed by atoms with Crippen molar-refractivity contribution in [1.29, 1.82) is 0 Å². The summed E-state index contributed by atoms with van der Waals surface area (Å²) in [5, 5.41) is 14.6. The van der Waals surface area contributed by atoms with Gasteiger partial charge in [0.05, 0.1) is 9.95 Å². The molecule has 1 heterocycles. The number of nitro groups is 1. The number of non-ortho nitro benzene ring substituents is 1. The molecular weight excluding hydrogens is 463 g/mol. The largest absolute Gasteiger partial charge is 0.479 e. The molecule has 0 aliphatic carbocycles. The number of ether oxygens (including phenoxy) is 1. The molecular formula is C20H20Cl2N4O4S. The normalized spacial score (nSPS) is 14.7. The van der Waals surface area contributed by atoms with Crippen LogP contribution >= 0.6 is 35.4 Å². The van der Waals surface area contributed by atoms with Crippen LogP contribution in [0.1, 0.15) is 6.92 Å². The zero-order chi connectivity index (χ0) is 22.5. The van der Waals surface area contributed by atoms with Gasteiger partial charge < -0.3 is 14.5 Å².